The van der Waals surface area contributed by atoms with Crippen LogP contribution in [-0.4, -0.2) is 24.0 Å². The van der Waals surface area contributed by atoms with Gasteiger partial charge < -0.3 is 15.0 Å². The number of aromatic amines is 1. The van der Waals surface area contributed by atoms with Gasteiger partial charge in [0, 0.05) is 11.4 Å². The van der Waals surface area contributed by atoms with E-state index in [9.17, 15) is 14.0 Å². The molecule has 0 aliphatic carbocycles. The molecule has 2 rings (SSSR count). The van der Waals surface area contributed by atoms with E-state index in [1.807, 2.05) is 0 Å². The van der Waals surface area contributed by atoms with E-state index in [-0.39, 0.29) is 10.7 Å². The van der Waals surface area contributed by atoms with Crippen LogP contribution in [0.2, 0.25) is 5.02 Å². The Morgan fingerprint density at radius 1 is 1.32 bits per heavy atom. The number of halogens is 2. The smallest absolute Gasteiger partial charge is 0.339 e. The van der Waals surface area contributed by atoms with Crippen molar-refractivity contribution in [2.45, 2.75) is 13.8 Å². The van der Waals surface area contributed by atoms with Gasteiger partial charge in [0.2, 0.25) is 0 Å². The fourth-order valence-corrected chi connectivity index (χ4v) is 2.33. The number of carbonyl (C=O) groups is 2. The highest BCUT2D eigenvalue weighted by Gasteiger charge is 2.22. The van der Waals surface area contributed by atoms with Crippen molar-refractivity contribution >= 4 is 29.2 Å². The minimum atomic E-state index is -0.570. The van der Waals surface area contributed by atoms with E-state index in [0.717, 1.165) is 6.07 Å². The van der Waals surface area contributed by atoms with Crippen LogP contribution in [-0.2, 0) is 4.74 Å². The van der Waals surface area contributed by atoms with Crippen molar-refractivity contribution in [2.24, 2.45) is 0 Å². The van der Waals surface area contributed by atoms with Gasteiger partial charge in [0.15, 0.2) is 0 Å². The number of benzene rings is 1. The van der Waals surface area contributed by atoms with Crippen LogP contribution < -0.4 is 5.32 Å². The Bertz CT molecular complexity index is 755. The van der Waals surface area contributed by atoms with E-state index >= 15 is 0 Å². The molecular weight excluding hydrogens is 311 g/mol. The molecule has 1 heterocycles. The van der Waals surface area contributed by atoms with Gasteiger partial charge in [-0.25, -0.2) is 9.18 Å². The summed E-state index contributed by atoms with van der Waals surface area (Å²) >= 11 is 5.67. The molecule has 0 atom stereocenters. The third-order valence-electron chi connectivity index (χ3n) is 3.23. The number of esters is 1. The zero-order valence-electron chi connectivity index (χ0n) is 12.2. The Labute approximate surface area is 131 Å². The molecule has 0 aliphatic rings. The summed E-state index contributed by atoms with van der Waals surface area (Å²) in [5.41, 5.74) is 1.92. The second-order valence-electron chi connectivity index (χ2n) is 4.70. The fraction of sp³-hybridized carbons (Fsp3) is 0.200. The van der Waals surface area contributed by atoms with Gasteiger partial charge in [-0.05, 0) is 37.6 Å². The molecule has 0 fully saturated rings. The Morgan fingerprint density at radius 3 is 2.59 bits per heavy atom. The largest absolute Gasteiger partial charge is 0.465 e. The van der Waals surface area contributed by atoms with Gasteiger partial charge in [0.25, 0.3) is 5.91 Å². The van der Waals surface area contributed by atoms with Crippen molar-refractivity contribution in [3.8, 4) is 0 Å². The number of hydrogen-bond donors (Lipinski definition) is 2. The van der Waals surface area contributed by atoms with Gasteiger partial charge in [0.05, 0.1) is 17.7 Å². The van der Waals surface area contributed by atoms with Gasteiger partial charge in [-0.15, -0.1) is 0 Å². The molecule has 116 valence electrons. The van der Waals surface area contributed by atoms with Crippen molar-refractivity contribution in [3.05, 3.63) is 51.6 Å². The topological polar surface area (TPSA) is 71.2 Å². The number of hydrogen-bond acceptors (Lipinski definition) is 3. The normalized spacial score (nSPS) is 10.4. The molecule has 22 heavy (non-hydrogen) atoms. The van der Waals surface area contributed by atoms with Crippen LogP contribution in [0.25, 0.3) is 0 Å². The number of amides is 1. The van der Waals surface area contributed by atoms with Crippen molar-refractivity contribution in [1.82, 2.24) is 4.98 Å². The van der Waals surface area contributed by atoms with Gasteiger partial charge in [-0.3, -0.25) is 4.79 Å². The highest BCUT2D eigenvalue weighted by atomic mass is 35.5. The first kappa shape index (κ1) is 16.0. The molecule has 2 N–H and O–H groups in total. The standard InChI is InChI=1S/C15H14ClFN2O3/c1-7-12(15(21)22-3)8(2)18-13(7)14(20)19-9-4-5-11(17)10(16)6-9/h4-6,18H,1-3H3,(H,19,20). The predicted molar refractivity (Wildman–Crippen MR) is 81.0 cm³/mol. The van der Waals surface area contributed by atoms with E-state index in [2.05, 4.69) is 15.0 Å². The van der Waals surface area contributed by atoms with Gasteiger partial charge in [-0.2, -0.15) is 0 Å². The zero-order chi connectivity index (χ0) is 16.4. The molecule has 0 bridgehead atoms. The first-order valence-corrected chi connectivity index (χ1v) is 6.76. The molecule has 1 aromatic heterocycles. The maximum Gasteiger partial charge on any atom is 0.339 e. The maximum absolute atomic E-state index is 13.1. The average molecular weight is 325 g/mol. The van der Waals surface area contributed by atoms with Crippen LogP contribution in [0.4, 0.5) is 10.1 Å². The third kappa shape index (κ3) is 2.96. The van der Waals surface area contributed by atoms with Gasteiger partial charge in [0.1, 0.15) is 11.5 Å². The lowest BCUT2D eigenvalue weighted by molar-refractivity contribution is 0.0599. The summed E-state index contributed by atoms with van der Waals surface area (Å²) in [5.74, 6) is -1.55. The molecule has 2 aromatic rings. The van der Waals surface area contributed by atoms with Crippen LogP contribution in [0, 0.1) is 19.7 Å². The lowest BCUT2D eigenvalue weighted by atomic mass is 10.1. The van der Waals surface area contributed by atoms with E-state index in [4.69, 9.17) is 11.6 Å². The summed E-state index contributed by atoms with van der Waals surface area (Å²) in [6, 6.07) is 3.86. The van der Waals surface area contributed by atoms with E-state index in [0.29, 0.717) is 22.5 Å². The highest BCUT2D eigenvalue weighted by Crippen LogP contribution is 2.22. The minimum Gasteiger partial charge on any atom is -0.465 e. The number of rotatable bonds is 3. The summed E-state index contributed by atoms with van der Waals surface area (Å²) in [6.07, 6.45) is 0. The SMILES string of the molecule is COC(=O)c1c(C)[nH]c(C(=O)Nc2ccc(F)c(Cl)c2)c1C. The summed E-state index contributed by atoms with van der Waals surface area (Å²) < 4.78 is 17.8. The molecule has 1 amide bonds. The first-order chi connectivity index (χ1) is 10.3. The minimum absolute atomic E-state index is 0.0903. The number of aryl methyl sites for hydroxylation is 1. The molecule has 0 saturated carbocycles. The molecule has 0 aliphatic heterocycles. The quantitative estimate of drug-likeness (QED) is 0.849. The Balaban J connectivity index is 2.30. The predicted octanol–water partition coefficient (Wildman–Crippen LogP) is 3.46. The number of aromatic nitrogens is 1. The number of H-pyrrole nitrogens is 1. The average Bonchev–Trinajstić information content (AvgIpc) is 2.77. The van der Waals surface area contributed by atoms with Crippen molar-refractivity contribution in [3.63, 3.8) is 0 Å². The Kier molecular flexibility index (Phi) is 4.51. The number of methoxy groups -OCH3 is 1. The molecule has 0 saturated heterocycles. The molecule has 0 spiro atoms. The Hall–Kier alpha value is -2.34. The van der Waals surface area contributed by atoms with E-state index < -0.39 is 17.7 Å². The molecule has 1 aromatic carbocycles. The first-order valence-electron chi connectivity index (χ1n) is 6.39. The molecular formula is C15H14ClFN2O3. The second-order valence-corrected chi connectivity index (χ2v) is 5.11. The monoisotopic (exact) mass is 324 g/mol. The van der Waals surface area contributed by atoms with Gasteiger partial charge >= 0.3 is 5.97 Å². The van der Waals surface area contributed by atoms with Crippen LogP contribution in [0.1, 0.15) is 32.1 Å². The summed E-state index contributed by atoms with van der Waals surface area (Å²) in [4.78, 5) is 26.8. The van der Waals surface area contributed by atoms with E-state index in [1.165, 1.54) is 19.2 Å². The number of nitrogens with one attached hydrogen (secondary N) is 2. The molecule has 5 nitrogen and oxygen atoms in total. The molecule has 0 unspecified atom stereocenters. The summed E-state index contributed by atoms with van der Waals surface area (Å²) in [6.45, 7) is 3.31. The van der Waals surface area contributed by atoms with Crippen molar-refractivity contribution in [2.75, 3.05) is 12.4 Å². The van der Waals surface area contributed by atoms with Crippen molar-refractivity contribution in [1.29, 1.82) is 0 Å². The molecule has 7 heteroatoms. The van der Waals surface area contributed by atoms with Crippen LogP contribution in [0.3, 0.4) is 0 Å². The zero-order valence-corrected chi connectivity index (χ0v) is 13.0. The lowest BCUT2D eigenvalue weighted by Crippen LogP contribution is -2.14. The fourth-order valence-electron chi connectivity index (χ4n) is 2.15. The van der Waals surface area contributed by atoms with Crippen LogP contribution in [0.5, 0.6) is 0 Å². The summed E-state index contributed by atoms with van der Waals surface area (Å²) in [7, 11) is 1.27. The Morgan fingerprint density at radius 2 is 2.00 bits per heavy atom. The lowest BCUT2D eigenvalue weighted by Gasteiger charge is -2.06. The van der Waals surface area contributed by atoms with Crippen LogP contribution in [0.15, 0.2) is 18.2 Å². The highest BCUT2D eigenvalue weighted by molar-refractivity contribution is 6.31. The van der Waals surface area contributed by atoms with Crippen LogP contribution >= 0.6 is 11.6 Å². The number of ether oxygens (including phenoxy) is 1. The van der Waals surface area contributed by atoms with Gasteiger partial charge in [-0.1, -0.05) is 11.6 Å². The maximum atomic E-state index is 13.1. The van der Waals surface area contributed by atoms with Crippen molar-refractivity contribution < 1.29 is 18.7 Å². The third-order valence-corrected chi connectivity index (χ3v) is 3.52. The number of carbonyl (C=O) groups excluding carboxylic acids is 2. The molecule has 0 radical (unpaired) electrons. The van der Waals surface area contributed by atoms with E-state index in [1.54, 1.807) is 13.8 Å². The summed E-state index contributed by atoms with van der Waals surface area (Å²) in [5, 5.41) is 2.50. The number of anilines is 1. The second kappa shape index (κ2) is 6.19.